The van der Waals surface area contributed by atoms with Crippen molar-refractivity contribution in [2.75, 3.05) is 14.2 Å². The van der Waals surface area contributed by atoms with Crippen LogP contribution < -0.4 is 4.74 Å². The number of pyridine rings is 1. The average Bonchev–Trinajstić information content (AvgIpc) is 2.72. The average molecular weight is 394 g/mol. The molecule has 0 bridgehead atoms. The second-order valence-electron chi connectivity index (χ2n) is 6.62. The first kappa shape index (κ1) is 22.1. The Bertz CT molecular complexity index is 944. The summed E-state index contributed by atoms with van der Waals surface area (Å²) in [5.41, 5.74) is 3.72. The van der Waals surface area contributed by atoms with Gasteiger partial charge in [0.1, 0.15) is 5.82 Å². The predicted octanol–water partition coefficient (Wildman–Crippen LogP) is 5.41. The van der Waals surface area contributed by atoms with E-state index in [1.54, 1.807) is 36.3 Å². The normalized spacial score (nSPS) is 12.0. The molecule has 1 heterocycles. The lowest BCUT2D eigenvalue weighted by molar-refractivity contribution is -0.128. The Morgan fingerprint density at radius 2 is 2.00 bits per heavy atom. The molecule has 0 unspecified atom stereocenters. The first-order valence-corrected chi connectivity index (χ1v) is 9.41. The van der Waals surface area contributed by atoms with Crippen molar-refractivity contribution >= 4 is 12.0 Å². The highest BCUT2D eigenvalue weighted by Gasteiger charge is 2.13. The maximum atomic E-state index is 14.9. The van der Waals surface area contributed by atoms with Crippen LogP contribution in [0.2, 0.25) is 0 Å². The molecule has 0 saturated carbocycles. The summed E-state index contributed by atoms with van der Waals surface area (Å²) >= 11 is 0. The number of hydrogen-bond donors (Lipinski definition) is 0. The highest BCUT2D eigenvalue weighted by atomic mass is 19.1. The largest absolute Gasteiger partial charge is 0.481 e. The molecule has 0 fully saturated rings. The summed E-state index contributed by atoms with van der Waals surface area (Å²) in [6.45, 7) is 5.73. The van der Waals surface area contributed by atoms with Gasteiger partial charge in [0.15, 0.2) is 0 Å². The molecular weight excluding hydrogens is 367 g/mol. The molecule has 0 aliphatic rings. The molecule has 4 nitrogen and oxygen atoms in total. The van der Waals surface area contributed by atoms with Crippen LogP contribution in [0.4, 0.5) is 4.39 Å². The van der Waals surface area contributed by atoms with Crippen LogP contribution in [-0.4, -0.2) is 29.9 Å². The zero-order chi connectivity index (χ0) is 21.4. The lowest BCUT2D eigenvalue weighted by Crippen LogP contribution is -2.23. The number of halogens is 1. The van der Waals surface area contributed by atoms with E-state index in [1.165, 1.54) is 20.1 Å². The number of allylic oxidation sites excluding steroid dienone is 5. The summed E-state index contributed by atoms with van der Waals surface area (Å²) < 4.78 is 20.0. The molecule has 0 N–H and O–H groups in total. The number of amides is 1. The van der Waals surface area contributed by atoms with Crippen molar-refractivity contribution in [1.29, 1.82) is 0 Å². The van der Waals surface area contributed by atoms with Crippen LogP contribution in [0.1, 0.15) is 31.9 Å². The maximum Gasteiger partial charge on any atom is 0.219 e. The molecule has 2 rings (SSSR count). The lowest BCUT2D eigenvalue weighted by atomic mass is 9.98. The number of nitrogens with zero attached hydrogens (tertiary/aromatic N) is 2. The van der Waals surface area contributed by atoms with Crippen molar-refractivity contribution in [3.63, 3.8) is 0 Å². The predicted molar refractivity (Wildman–Crippen MR) is 116 cm³/mol. The summed E-state index contributed by atoms with van der Waals surface area (Å²) in [6, 6.07) is 6.76. The minimum atomic E-state index is -0.360. The van der Waals surface area contributed by atoms with Gasteiger partial charge >= 0.3 is 0 Å². The molecule has 29 heavy (non-hydrogen) atoms. The number of carbonyl (C=O) groups excluding carboxylic acids is 1. The summed E-state index contributed by atoms with van der Waals surface area (Å²) in [5, 5.41) is 0. The summed E-state index contributed by atoms with van der Waals surface area (Å²) in [6.07, 6.45) is 11.5. The minimum absolute atomic E-state index is 0.0770. The highest BCUT2D eigenvalue weighted by molar-refractivity contribution is 5.74. The van der Waals surface area contributed by atoms with Gasteiger partial charge in [-0.05, 0) is 48.7 Å². The Morgan fingerprint density at radius 1 is 1.24 bits per heavy atom. The van der Waals surface area contributed by atoms with Gasteiger partial charge in [-0.2, -0.15) is 0 Å². The third kappa shape index (κ3) is 5.88. The fourth-order valence-corrected chi connectivity index (χ4v) is 2.80. The van der Waals surface area contributed by atoms with Crippen LogP contribution in [0, 0.1) is 5.82 Å². The van der Waals surface area contributed by atoms with Crippen LogP contribution in [0.3, 0.4) is 0 Å². The first-order valence-electron chi connectivity index (χ1n) is 9.41. The van der Waals surface area contributed by atoms with Crippen LogP contribution in [-0.2, 0) is 11.3 Å². The maximum absolute atomic E-state index is 14.9. The smallest absolute Gasteiger partial charge is 0.219 e. The van der Waals surface area contributed by atoms with Crippen molar-refractivity contribution in [2.24, 2.45) is 0 Å². The molecule has 2 aromatic rings. The van der Waals surface area contributed by atoms with E-state index in [0.717, 1.165) is 16.7 Å². The van der Waals surface area contributed by atoms with Gasteiger partial charge in [0.2, 0.25) is 11.8 Å². The van der Waals surface area contributed by atoms with Crippen LogP contribution in [0.5, 0.6) is 5.88 Å². The second-order valence-corrected chi connectivity index (χ2v) is 6.62. The molecular formula is C24H27FN2O2. The third-order valence-electron chi connectivity index (χ3n) is 4.58. The Kier molecular flexibility index (Phi) is 7.89. The monoisotopic (exact) mass is 394 g/mol. The SMILES string of the molecule is C\C=C/C(/C=C\c1cc(-c2ccc(OC)nc2)c(F)cc1CN(C)C(C)=O)=C\C. The Hall–Kier alpha value is -3.21. The van der Waals surface area contributed by atoms with Crippen molar-refractivity contribution in [2.45, 2.75) is 27.3 Å². The van der Waals surface area contributed by atoms with Gasteiger partial charge in [-0.15, -0.1) is 0 Å². The topological polar surface area (TPSA) is 42.4 Å². The first-order chi connectivity index (χ1) is 13.9. The molecule has 1 aromatic heterocycles. The molecule has 152 valence electrons. The zero-order valence-corrected chi connectivity index (χ0v) is 17.6. The van der Waals surface area contributed by atoms with Crippen molar-refractivity contribution in [3.05, 3.63) is 77.3 Å². The van der Waals surface area contributed by atoms with Crippen molar-refractivity contribution < 1.29 is 13.9 Å². The number of aromatic nitrogens is 1. The van der Waals surface area contributed by atoms with Crippen LogP contribution in [0.25, 0.3) is 17.2 Å². The van der Waals surface area contributed by atoms with Crippen LogP contribution in [0.15, 0.2) is 60.3 Å². The summed E-state index contributed by atoms with van der Waals surface area (Å²) in [5.74, 6) is 0.0330. The van der Waals surface area contributed by atoms with Crippen molar-refractivity contribution in [1.82, 2.24) is 9.88 Å². The van der Waals surface area contributed by atoms with Crippen LogP contribution >= 0.6 is 0 Å². The van der Waals surface area contributed by atoms with E-state index in [9.17, 15) is 9.18 Å². The van der Waals surface area contributed by atoms with Gasteiger partial charge < -0.3 is 9.64 Å². The Labute approximate surface area is 172 Å². The summed E-state index contributed by atoms with van der Waals surface area (Å²) in [4.78, 5) is 17.4. The van der Waals surface area contributed by atoms with E-state index in [4.69, 9.17) is 4.74 Å². The van der Waals surface area contributed by atoms with Gasteiger partial charge in [0.05, 0.1) is 7.11 Å². The highest BCUT2D eigenvalue weighted by Crippen LogP contribution is 2.28. The van der Waals surface area contributed by atoms with E-state index < -0.39 is 0 Å². The minimum Gasteiger partial charge on any atom is -0.481 e. The standard InChI is InChI=1S/C24H27FN2O2/c1-6-8-18(7-2)9-10-19-13-22(20-11-12-24(29-5)26-15-20)23(25)14-21(19)16-27(4)17(3)28/h6-15H,16H2,1-5H3/b8-6-,10-9-,18-7+. The molecule has 0 atom stereocenters. The molecule has 0 spiro atoms. The van der Waals surface area contributed by atoms with E-state index in [-0.39, 0.29) is 11.7 Å². The fraction of sp³-hybridized carbons (Fsp3) is 0.250. The number of rotatable bonds is 7. The van der Waals surface area contributed by atoms with Gasteiger partial charge in [0.25, 0.3) is 0 Å². The van der Waals surface area contributed by atoms with E-state index in [0.29, 0.717) is 23.6 Å². The van der Waals surface area contributed by atoms with E-state index in [2.05, 4.69) is 4.98 Å². The number of methoxy groups -OCH3 is 1. The second kappa shape index (κ2) is 10.4. The Balaban J connectivity index is 2.54. The molecule has 0 aliphatic heterocycles. The number of benzene rings is 1. The molecule has 0 saturated heterocycles. The van der Waals surface area contributed by atoms with Gasteiger partial charge in [-0.25, -0.2) is 9.37 Å². The zero-order valence-electron chi connectivity index (χ0n) is 17.6. The van der Waals surface area contributed by atoms with Gasteiger partial charge in [0, 0.05) is 43.9 Å². The third-order valence-corrected chi connectivity index (χ3v) is 4.58. The summed E-state index contributed by atoms with van der Waals surface area (Å²) in [7, 11) is 3.24. The quantitative estimate of drug-likeness (QED) is 0.590. The van der Waals surface area contributed by atoms with Gasteiger partial charge in [-0.1, -0.05) is 30.4 Å². The molecule has 1 aromatic carbocycles. The lowest BCUT2D eigenvalue weighted by Gasteiger charge is -2.18. The van der Waals surface area contributed by atoms with E-state index >= 15 is 0 Å². The fourth-order valence-electron chi connectivity index (χ4n) is 2.80. The molecule has 5 heteroatoms. The molecule has 0 radical (unpaired) electrons. The Morgan fingerprint density at radius 3 is 2.55 bits per heavy atom. The molecule has 1 amide bonds. The molecule has 0 aliphatic carbocycles. The number of carbonyl (C=O) groups is 1. The van der Waals surface area contributed by atoms with Gasteiger partial charge in [-0.3, -0.25) is 4.79 Å². The number of ether oxygens (including phenoxy) is 1. The number of hydrogen-bond acceptors (Lipinski definition) is 3. The van der Waals surface area contributed by atoms with Crippen molar-refractivity contribution in [3.8, 4) is 17.0 Å². The van der Waals surface area contributed by atoms with E-state index in [1.807, 2.05) is 44.2 Å².